The number of amides is 2. The fourth-order valence-corrected chi connectivity index (χ4v) is 1.51. The molecule has 1 aliphatic rings. The summed E-state index contributed by atoms with van der Waals surface area (Å²) < 4.78 is 0. The average molecular weight is 202 g/mol. The molecule has 0 aromatic heterocycles. The van der Waals surface area contributed by atoms with Crippen LogP contribution in [0.4, 0.5) is 4.79 Å². The van der Waals surface area contributed by atoms with E-state index in [0.29, 0.717) is 12.8 Å². The maximum atomic E-state index is 11.7. The summed E-state index contributed by atoms with van der Waals surface area (Å²) in [6.45, 7) is 0. The molecule has 0 unspecified atom stereocenters. The zero-order valence-corrected chi connectivity index (χ0v) is 8.24. The third-order valence-corrected chi connectivity index (χ3v) is 2.52. The van der Waals surface area contributed by atoms with E-state index >= 15 is 0 Å². The summed E-state index contributed by atoms with van der Waals surface area (Å²) in [5.74, 6) is -0.339. The first kappa shape index (κ1) is 10.8. The van der Waals surface area contributed by atoms with Crippen LogP contribution in [0, 0.1) is 0 Å². The normalized spacial score (nSPS) is 18.1. The van der Waals surface area contributed by atoms with Crippen LogP contribution < -0.4 is 5.32 Å². The Balaban J connectivity index is 2.69. The van der Waals surface area contributed by atoms with Crippen LogP contribution >= 0.6 is 0 Å². The van der Waals surface area contributed by atoms with Crippen molar-refractivity contribution >= 4 is 12.0 Å². The van der Waals surface area contributed by atoms with Crippen molar-refractivity contribution in [3.05, 3.63) is 0 Å². The average Bonchev–Trinajstić information content (AvgIpc) is 2.08. The number of hydroxylamine groups is 2. The van der Waals surface area contributed by atoms with Crippen LogP contribution in [-0.2, 0) is 9.63 Å². The number of likely N-dealkylation sites (N-methyl/N-ethyl adjacent to an activating group) is 1. The molecule has 0 radical (unpaired) electrons. The van der Waals surface area contributed by atoms with Crippen molar-refractivity contribution in [2.45, 2.75) is 24.8 Å². The van der Waals surface area contributed by atoms with E-state index in [1.54, 1.807) is 0 Å². The van der Waals surface area contributed by atoms with Gasteiger partial charge in [0, 0.05) is 7.05 Å². The predicted molar refractivity (Wildman–Crippen MR) is 47.5 cm³/mol. The van der Waals surface area contributed by atoms with Gasteiger partial charge in [0.2, 0.25) is 0 Å². The summed E-state index contributed by atoms with van der Waals surface area (Å²) in [5, 5.41) is 11.9. The molecule has 6 nitrogen and oxygen atoms in total. The molecule has 0 aromatic carbocycles. The van der Waals surface area contributed by atoms with Crippen molar-refractivity contribution in [3.8, 4) is 0 Å². The van der Waals surface area contributed by atoms with E-state index in [1.807, 2.05) is 0 Å². The summed E-state index contributed by atoms with van der Waals surface area (Å²) in [6, 6.07) is 0. The number of rotatable bonds is 3. The van der Waals surface area contributed by atoms with Gasteiger partial charge in [0.15, 0.2) is 0 Å². The number of nitrogens with one attached hydrogen (secondary N) is 1. The summed E-state index contributed by atoms with van der Waals surface area (Å²) in [7, 11) is 2.83. The summed E-state index contributed by atoms with van der Waals surface area (Å²) >= 11 is 0. The first-order valence-corrected chi connectivity index (χ1v) is 4.35. The van der Waals surface area contributed by atoms with Crippen molar-refractivity contribution in [1.29, 1.82) is 0 Å². The van der Waals surface area contributed by atoms with E-state index in [2.05, 4.69) is 5.32 Å². The van der Waals surface area contributed by atoms with Gasteiger partial charge in [-0.15, -0.1) is 0 Å². The molecule has 2 amide bonds. The van der Waals surface area contributed by atoms with Crippen molar-refractivity contribution in [2.75, 3.05) is 14.2 Å². The summed E-state index contributed by atoms with van der Waals surface area (Å²) in [6.07, 6.45) is 0.740. The zero-order chi connectivity index (χ0) is 10.8. The van der Waals surface area contributed by atoms with E-state index < -0.39 is 11.6 Å². The Kier molecular flexibility index (Phi) is 2.95. The van der Waals surface area contributed by atoms with Gasteiger partial charge in [0.1, 0.15) is 5.54 Å². The van der Waals surface area contributed by atoms with E-state index in [0.717, 1.165) is 11.5 Å². The second kappa shape index (κ2) is 3.83. The molecule has 1 aliphatic carbocycles. The van der Waals surface area contributed by atoms with E-state index in [9.17, 15) is 9.59 Å². The summed E-state index contributed by atoms with van der Waals surface area (Å²) in [4.78, 5) is 26.9. The van der Waals surface area contributed by atoms with Gasteiger partial charge in [0.05, 0.1) is 7.11 Å². The lowest BCUT2D eigenvalue weighted by Gasteiger charge is -2.41. The Bertz CT molecular complexity index is 250. The van der Waals surface area contributed by atoms with Crippen molar-refractivity contribution < 1.29 is 19.5 Å². The van der Waals surface area contributed by atoms with E-state index in [-0.39, 0.29) is 5.91 Å². The van der Waals surface area contributed by atoms with Crippen LogP contribution in [0.15, 0.2) is 0 Å². The van der Waals surface area contributed by atoms with Crippen LogP contribution in [-0.4, -0.2) is 41.9 Å². The molecule has 80 valence electrons. The molecule has 2 N–H and O–H groups in total. The minimum absolute atomic E-state index is 0.339. The molecule has 14 heavy (non-hydrogen) atoms. The van der Waals surface area contributed by atoms with E-state index in [1.165, 1.54) is 14.2 Å². The first-order chi connectivity index (χ1) is 6.52. The van der Waals surface area contributed by atoms with Crippen molar-refractivity contribution in [3.63, 3.8) is 0 Å². The number of carbonyl (C=O) groups is 2. The highest BCUT2D eigenvalue weighted by Gasteiger charge is 2.47. The smallest absolute Gasteiger partial charge is 0.405 e. The Hall–Kier alpha value is -1.30. The number of nitrogens with zero attached hydrogens (tertiary/aromatic N) is 1. The van der Waals surface area contributed by atoms with Crippen molar-refractivity contribution in [1.82, 2.24) is 10.4 Å². The number of hydrogen-bond acceptors (Lipinski definition) is 3. The number of carbonyl (C=O) groups excluding carboxylic acids is 1. The minimum Gasteiger partial charge on any atom is -0.465 e. The molecular weight excluding hydrogens is 188 g/mol. The van der Waals surface area contributed by atoms with Gasteiger partial charge in [0.25, 0.3) is 5.91 Å². The predicted octanol–water partition coefficient (Wildman–Crippen LogP) is 0.196. The van der Waals surface area contributed by atoms with Gasteiger partial charge >= 0.3 is 6.09 Å². The lowest BCUT2D eigenvalue weighted by atomic mass is 9.76. The molecule has 1 rings (SSSR count). The number of carboxylic acid groups (broad SMARTS) is 1. The molecule has 0 aliphatic heterocycles. The molecule has 0 saturated heterocycles. The van der Waals surface area contributed by atoms with Gasteiger partial charge in [-0.3, -0.25) is 9.63 Å². The highest BCUT2D eigenvalue weighted by molar-refractivity contribution is 5.89. The van der Waals surface area contributed by atoms with Crippen LogP contribution in [0.5, 0.6) is 0 Å². The SMILES string of the molecule is CON(C)C(=O)C1(NC(=O)O)CCC1. The summed E-state index contributed by atoms with van der Waals surface area (Å²) in [5.41, 5.74) is -0.962. The van der Waals surface area contributed by atoms with E-state index in [4.69, 9.17) is 9.94 Å². The Morgan fingerprint density at radius 2 is 2.07 bits per heavy atom. The fourth-order valence-electron chi connectivity index (χ4n) is 1.51. The molecule has 0 spiro atoms. The lowest BCUT2D eigenvalue weighted by molar-refractivity contribution is -0.179. The van der Waals surface area contributed by atoms with Crippen LogP contribution in [0.2, 0.25) is 0 Å². The molecule has 0 aromatic rings. The molecule has 0 heterocycles. The highest BCUT2D eigenvalue weighted by atomic mass is 16.7. The quantitative estimate of drug-likeness (QED) is 0.640. The maximum Gasteiger partial charge on any atom is 0.405 e. The molecule has 1 saturated carbocycles. The van der Waals surface area contributed by atoms with Gasteiger partial charge in [-0.1, -0.05) is 0 Å². The van der Waals surface area contributed by atoms with Gasteiger partial charge in [-0.2, -0.15) is 0 Å². The van der Waals surface area contributed by atoms with Gasteiger partial charge < -0.3 is 10.4 Å². The van der Waals surface area contributed by atoms with Crippen LogP contribution in [0.1, 0.15) is 19.3 Å². The Morgan fingerprint density at radius 3 is 2.36 bits per heavy atom. The monoisotopic (exact) mass is 202 g/mol. The molecule has 6 heteroatoms. The topological polar surface area (TPSA) is 78.9 Å². The lowest BCUT2D eigenvalue weighted by Crippen LogP contribution is -2.62. The minimum atomic E-state index is -1.18. The molecule has 0 bridgehead atoms. The molecule has 1 fully saturated rings. The molecular formula is C8H14N2O4. The van der Waals surface area contributed by atoms with Crippen LogP contribution in [0.3, 0.4) is 0 Å². The Labute approximate surface area is 81.8 Å². The highest BCUT2D eigenvalue weighted by Crippen LogP contribution is 2.33. The zero-order valence-electron chi connectivity index (χ0n) is 8.24. The maximum absolute atomic E-state index is 11.7. The standard InChI is InChI=1S/C8H14N2O4/c1-10(14-2)6(11)8(4-3-5-8)9-7(12)13/h9H,3-5H2,1-2H3,(H,12,13). The fraction of sp³-hybridized carbons (Fsp3) is 0.750. The van der Waals surface area contributed by atoms with Crippen LogP contribution in [0.25, 0.3) is 0 Å². The van der Waals surface area contributed by atoms with Gasteiger partial charge in [-0.25, -0.2) is 9.86 Å². The number of hydrogen-bond donors (Lipinski definition) is 2. The third-order valence-electron chi connectivity index (χ3n) is 2.52. The third kappa shape index (κ3) is 1.79. The van der Waals surface area contributed by atoms with Gasteiger partial charge in [-0.05, 0) is 19.3 Å². The largest absolute Gasteiger partial charge is 0.465 e. The second-order valence-corrected chi connectivity index (χ2v) is 3.35. The molecule has 0 atom stereocenters. The second-order valence-electron chi connectivity index (χ2n) is 3.35. The van der Waals surface area contributed by atoms with Crippen molar-refractivity contribution in [2.24, 2.45) is 0 Å². The first-order valence-electron chi connectivity index (χ1n) is 4.35. The Morgan fingerprint density at radius 1 is 1.50 bits per heavy atom.